The highest BCUT2D eigenvalue weighted by Crippen LogP contribution is 2.32. The van der Waals surface area contributed by atoms with Crippen molar-refractivity contribution in [2.45, 2.75) is 24.9 Å². The second-order valence-electron chi connectivity index (χ2n) is 8.01. The van der Waals surface area contributed by atoms with Crippen molar-refractivity contribution in [3.63, 3.8) is 0 Å². The molecule has 0 fully saturated rings. The van der Waals surface area contributed by atoms with Gasteiger partial charge in [-0.1, -0.05) is 54.6 Å². The van der Waals surface area contributed by atoms with Gasteiger partial charge in [-0.05, 0) is 34.9 Å². The van der Waals surface area contributed by atoms with E-state index in [0.717, 1.165) is 16.9 Å². The Balaban J connectivity index is 1.28. The van der Waals surface area contributed by atoms with Crippen LogP contribution in [0.4, 0.5) is 0 Å². The molecule has 0 aromatic heterocycles. The van der Waals surface area contributed by atoms with Gasteiger partial charge in [0.1, 0.15) is 6.04 Å². The molecule has 0 radical (unpaired) electrons. The number of amides is 2. The van der Waals surface area contributed by atoms with Gasteiger partial charge in [0.25, 0.3) is 5.91 Å². The van der Waals surface area contributed by atoms with Crippen molar-refractivity contribution in [2.24, 2.45) is 0 Å². The molecule has 0 saturated heterocycles. The summed E-state index contributed by atoms with van der Waals surface area (Å²) in [6.45, 7) is 1.01. The molecular formula is C26H24N2O4S. The highest BCUT2D eigenvalue weighted by Gasteiger charge is 2.36. The Bertz CT molecular complexity index is 1170. The van der Waals surface area contributed by atoms with Crippen LogP contribution in [-0.2, 0) is 23.6 Å². The number of carbonyl (C=O) groups is 2. The van der Waals surface area contributed by atoms with Gasteiger partial charge in [0.2, 0.25) is 12.7 Å². The Kier molecular flexibility index (Phi) is 6.21. The molecule has 33 heavy (non-hydrogen) atoms. The first-order chi connectivity index (χ1) is 16.2. The van der Waals surface area contributed by atoms with Crippen LogP contribution in [-0.4, -0.2) is 35.3 Å². The predicted molar refractivity (Wildman–Crippen MR) is 127 cm³/mol. The molecule has 2 aliphatic rings. The minimum absolute atomic E-state index is 0.0888. The predicted octanol–water partition coefficient (Wildman–Crippen LogP) is 3.99. The lowest BCUT2D eigenvalue weighted by Gasteiger charge is -2.27. The Morgan fingerprint density at radius 3 is 2.61 bits per heavy atom. The fraction of sp³-hybridized carbons (Fsp3) is 0.231. The zero-order valence-corrected chi connectivity index (χ0v) is 18.8. The lowest BCUT2D eigenvalue weighted by atomic mass is 10.1. The van der Waals surface area contributed by atoms with Gasteiger partial charge in [-0.15, -0.1) is 0 Å². The normalized spacial score (nSPS) is 14.8. The molecule has 1 atom stereocenters. The summed E-state index contributed by atoms with van der Waals surface area (Å²) in [5, 5.41) is 3.02. The zero-order chi connectivity index (χ0) is 22.6. The van der Waals surface area contributed by atoms with Crippen LogP contribution in [0.1, 0.15) is 27.0 Å². The van der Waals surface area contributed by atoms with Gasteiger partial charge < -0.3 is 19.7 Å². The largest absolute Gasteiger partial charge is 0.454 e. The second-order valence-corrected chi connectivity index (χ2v) is 9.04. The monoisotopic (exact) mass is 460 g/mol. The molecule has 168 valence electrons. The van der Waals surface area contributed by atoms with Crippen LogP contribution in [0.15, 0.2) is 72.8 Å². The summed E-state index contributed by atoms with van der Waals surface area (Å²) in [6, 6.07) is 22.8. The van der Waals surface area contributed by atoms with E-state index in [9.17, 15) is 9.59 Å². The zero-order valence-electron chi connectivity index (χ0n) is 18.0. The molecule has 5 rings (SSSR count). The number of nitrogens with one attached hydrogen (secondary N) is 1. The van der Waals surface area contributed by atoms with Gasteiger partial charge >= 0.3 is 0 Å². The Labute approximate surface area is 196 Å². The molecule has 0 bridgehead atoms. The lowest BCUT2D eigenvalue weighted by Crippen LogP contribution is -2.48. The van der Waals surface area contributed by atoms with E-state index in [1.807, 2.05) is 60.7 Å². The average Bonchev–Trinajstić information content (AvgIpc) is 3.45. The van der Waals surface area contributed by atoms with Crippen LogP contribution in [0, 0.1) is 0 Å². The van der Waals surface area contributed by atoms with Crippen LogP contribution in [0.25, 0.3) is 0 Å². The molecule has 2 aliphatic heterocycles. The number of thioether (sulfide) groups is 1. The summed E-state index contributed by atoms with van der Waals surface area (Å²) >= 11 is 1.66. The van der Waals surface area contributed by atoms with Crippen LogP contribution in [0.2, 0.25) is 0 Å². The topological polar surface area (TPSA) is 67.9 Å². The fourth-order valence-corrected chi connectivity index (χ4v) is 5.16. The molecule has 6 nitrogen and oxygen atoms in total. The molecule has 2 heterocycles. The molecule has 0 unspecified atom stereocenters. The van der Waals surface area contributed by atoms with E-state index < -0.39 is 6.04 Å². The van der Waals surface area contributed by atoms with Gasteiger partial charge in [0.05, 0.1) is 0 Å². The number of hydrogen-bond acceptors (Lipinski definition) is 5. The summed E-state index contributed by atoms with van der Waals surface area (Å²) < 4.78 is 10.8. The van der Waals surface area contributed by atoms with Gasteiger partial charge in [-0.2, -0.15) is 11.8 Å². The van der Waals surface area contributed by atoms with Crippen molar-refractivity contribution in [2.75, 3.05) is 12.5 Å². The number of rotatable bonds is 8. The van der Waals surface area contributed by atoms with Gasteiger partial charge in [-0.25, -0.2) is 0 Å². The fourth-order valence-electron chi connectivity index (χ4n) is 4.06. The Morgan fingerprint density at radius 2 is 1.76 bits per heavy atom. The Hall–Kier alpha value is -3.45. The first-order valence-electron chi connectivity index (χ1n) is 10.9. The third-order valence-electron chi connectivity index (χ3n) is 5.82. The van der Waals surface area contributed by atoms with Crippen molar-refractivity contribution < 1.29 is 19.1 Å². The highest BCUT2D eigenvalue weighted by atomic mass is 32.2. The van der Waals surface area contributed by atoms with Crippen LogP contribution in [0.5, 0.6) is 11.5 Å². The van der Waals surface area contributed by atoms with Gasteiger partial charge in [-0.3, -0.25) is 9.59 Å². The average molecular weight is 461 g/mol. The Morgan fingerprint density at radius 1 is 0.970 bits per heavy atom. The third kappa shape index (κ3) is 4.68. The second kappa shape index (κ2) is 9.58. The molecule has 0 aliphatic carbocycles. The van der Waals surface area contributed by atoms with E-state index in [2.05, 4.69) is 17.4 Å². The number of benzene rings is 3. The molecule has 1 N–H and O–H groups in total. The minimum Gasteiger partial charge on any atom is -0.454 e. The molecule has 3 aromatic carbocycles. The molecule has 0 saturated carbocycles. The van der Waals surface area contributed by atoms with Gasteiger partial charge in [0, 0.05) is 30.2 Å². The van der Waals surface area contributed by atoms with E-state index in [4.69, 9.17) is 9.47 Å². The van der Waals surface area contributed by atoms with Crippen LogP contribution >= 0.6 is 11.8 Å². The van der Waals surface area contributed by atoms with E-state index >= 15 is 0 Å². The molecule has 2 amide bonds. The highest BCUT2D eigenvalue weighted by molar-refractivity contribution is 7.98. The molecule has 0 spiro atoms. The molecular weight excluding hydrogens is 436 g/mol. The SMILES string of the molecule is O=C(NCc1ccc2c(c1)OCO2)[C@H](CSCc1ccccc1)N1Cc2ccccc2C1=O. The summed E-state index contributed by atoms with van der Waals surface area (Å²) in [7, 11) is 0. The third-order valence-corrected chi connectivity index (χ3v) is 6.91. The minimum atomic E-state index is -0.562. The van der Waals surface area contributed by atoms with E-state index in [0.29, 0.717) is 35.9 Å². The first kappa shape index (κ1) is 21.4. The summed E-state index contributed by atoms with van der Waals surface area (Å²) in [4.78, 5) is 28.1. The summed E-state index contributed by atoms with van der Waals surface area (Å²) in [5.74, 6) is 2.44. The van der Waals surface area contributed by atoms with Crippen molar-refractivity contribution in [1.29, 1.82) is 0 Å². The van der Waals surface area contributed by atoms with Crippen LogP contribution in [0.3, 0.4) is 0 Å². The van der Waals surface area contributed by atoms with E-state index in [-0.39, 0.29) is 18.6 Å². The molecule has 3 aromatic rings. The van der Waals surface area contributed by atoms with Crippen molar-refractivity contribution >= 4 is 23.6 Å². The van der Waals surface area contributed by atoms with E-state index in [1.54, 1.807) is 16.7 Å². The lowest BCUT2D eigenvalue weighted by molar-refractivity contribution is -0.125. The summed E-state index contributed by atoms with van der Waals surface area (Å²) in [5.41, 5.74) is 3.75. The quantitative estimate of drug-likeness (QED) is 0.551. The smallest absolute Gasteiger partial charge is 0.255 e. The van der Waals surface area contributed by atoms with Crippen molar-refractivity contribution in [3.8, 4) is 11.5 Å². The number of nitrogens with zero attached hydrogens (tertiary/aromatic N) is 1. The molecule has 7 heteroatoms. The maximum Gasteiger partial charge on any atom is 0.255 e. The van der Waals surface area contributed by atoms with E-state index in [1.165, 1.54) is 5.56 Å². The number of hydrogen-bond donors (Lipinski definition) is 1. The number of ether oxygens (including phenoxy) is 2. The summed E-state index contributed by atoms with van der Waals surface area (Å²) in [6.07, 6.45) is 0. The first-order valence-corrected chi connectivity index (χ1v) is 12.0. The van der Waals surface area contributed by atoms with Crippen molar-refractivity contribution in [1.82, 2.24) is 10.2 Å². The van der Waals surface area contributed by atoms with Gasteiger partial charge in [0.15, 0.2) is 11.5 Å². The maximum atomic E-state index is 13.3. The van der Waals surface area contributed by atoms with Crippen LogP contribution < -0.4 is 14.8 Å². The van der Waals surface area contributed by atoms with Crippen molar-refractivity contribution in [3.05, 3.63) is 95.1 Å². The standard InChI is InChI=1S/C26H24N2O4S/c29-25(27-13-19-10-11-23-24(12-19)32-17-31-23)22(16-33-15-18-6-2-1-3-7-18)28-14-20-8-4-5-9-21(20)26(28)30/h1-12,22H,13-17H2,(H,27,29)/t22-/m0/s1. The number of carbonyl (C=O) groups excluding carboxylic acids is 2. The maximum absolute atomic E-state index is 13.3. The number of fused-ring (bicyclic) bond motifs is 2.